The molecule has 1 atom stereocenters. The van der Waals surface area contributed by atoms with Crippen molar-refractivity contribution in [3.05, 3.63) is 95.1 Å². The maximum absolute atomic E-state index is 13.7. The van der Waals surface area contributed by atoms with Gasteiger partial charge in [0, 0.05) is 24.1 Å². The number of nitrogens with zero attached hydrogens (tertiary/aromatic N) is 2. The maximum atomic E-state index is 13.7. The molecule has 4 rings (SSSR count). The molecule has 8 heteroatoms. The summed E-state index contributed by atoms with van der Waals surface area (Å²) < 4.78 is 38.1. The second kappa shape index (κ2) is 10.3. The summed E-state index contributed by atoms with van der Waals surface area (Å²) in [4.78, 5) is 20.4. The number of rotatable bonds is 8. The summed E-state index contributed by atoms with van der Waals surface area (Å²) in [5.41, 5.74) is 2.34. The molecule has 0 saturated heterocycles. The van der Waals surface area contributed by atoms with Crippen molar-refractivity contribution >= 4 is 11.6 Å². The van der Waals surface area contributed by atoms with Gasteiger partial charge >= 0.3 is 0 Å². The van der Waals surface area contributed by atoms with E-state index in [2.05, 4.69) is 5.16 Å². The van der Waals surface area contributed by atoms with Crippen LogP contribution in [-0.4, -0.2) is 43.4 Å². The van der Waals surface area contributed by atoms with Gasteiger partial charge in [0.1, 0.15) is 11.6 Å². The number of halogens is 2. The fourth-order valence-electron chi connectivity index (χ4n) is 3.84. The van der Waals surface area contributed by atoms with Crippen molar-refractivity contribution in [1.82, 2.24) is 4.90 Å². The fraction of sp³-hybridized carbons (Fsp3) is 0.231. The molecular formula is C26H24F2N2O4. The van der Waals surface area contributed by atoms with Gasteiger partial charge in [-0.2, -0.15) is 0 Å². The van der Waals surface area contributed by atoms with Crippen LogP contribution >= 0.6 is 0 Å². The third-order valence-corrected chi connectivity index (χ3v) is 5.50. The van der Waals surface area contributed by atoms with Crippen LogP contribution in [0.25, 0.3) is 0 Å². The maximum Gasteiger partial charge on any atom is 0.254 e. The number of methoxy groups -OCH3 is 2. The number of carbonyl (C=O) groups is 1. The number of ether oxygens (including phenoxy) is 2. The Kier molecular flexibility index (Phi) is 7.06. The molecule has 34 heavy (non-hydrogen) atoms. The lowest BCUT2D eigenvalue weighted by atomic mass is 10.0. The fourth-order valence-corrected chi connectivity index (χ4v) is 3.84. The molecule has 0 bridgehead atoms. The predicted octanol–water partition coefficient (Wildman–Crippen LogP) is 4.82. The topological polar surface area (TPSA) is 60.4 Å². The standard InChI is InChI=1S/C26H24F2N2O4/c1-32-24-10-9-18(13-25(24)33-2)23-14-22(34-29-23)16-30(15-17-5-3-7-20(27)11-17)26(31)19-6-4-8-21(28)12-19/h3-13,22H,14-16H2,1-2H3. The number of oxime groups is 1. The average Bonchev–Trinajstić information content (AvgIpc) is 3.31. The number of carbonyl (C=O) groups excluding carboxylic acids is 1. The Morgan fingerprint density at radius 3 is 2.44 bits per heavy atom. The molecule has 0 aliphatic carbocycles. The van der Waals surface area contributed by atoms with E-state index in [9.17, 15) is 13.6 Å². The Hall–Kier alpha value is -3.94. The first kappa shape index (κ1) is 23.2. The molecule has 1 aliphatic rings. The summed E-state index contributed by atoms with van der Waals surface area (Å²) in [5, 5.41) is 4.20. The Labute approximate surface area is 196 Å². The normalized spacial score (nSPS) is 14.8. The molecular weight excluding hydrogens is 442 g/mol. The minimum atomic E-state index is -0.507. The molecule has 0 fully saturated rings. The van der Waals surface area contributed by atoms with Crippen molar-refractivity contribution < 1.29 is 27.9 Å². The van der Waals surface area contributed by atoms with Crippen molar-refractivity contribution in [3.8, 4) is 11.5 Å². The predicted molar refractivity (Wildman–Crippen MR) is 123 cm³/mol. The van der Waals surface area contributed by atoms with Gasteiger partial charge in [0.25, 0.3) is 5.91 Å². The van der Waals surface area contributed by atoms with Crippen LogP contribution in [0.2, 0.25) is 0 Å². The van der Waals surface area contributed by atoms with E-state index in [1.165, 1.54) is 35.2 Å². The summed E-state index contributed by atoms with van der Waals surface area (Å²) in [6, 6.07) is 17.0. The van der Waals surface area contributed by atoms with Crippen molar-refractivity contribution in [2.45, 2.75) is 19.1 Å². The highest BCUT2D eigenvalue weighted by Crippen LogP contribution is 2.30. The van der Waals surface area contributed by atoms with Gasteiger partial charge in [-0.3, -0.25) is 4.79 Å². The molecule has 0 aromatic heterocycles. The molecule has 1 amide bonds. The molecule has 0 spiro atoms. The Morgan fingerprint density at radius 1 is 1.00 bits per heavy atom. The molecule has 1 heterocycles. The molecule has 3 aromatic rings. The zero-order valence-electron chi connectivity index (χ0n) is 18.8. The van der Waals surface area contributed by atoms with Gasteiger partial charge in [0.05, 0.1) is 26.5 Å². The largest absolute Gasteiger partial charge is 0.493 e. The molecule has 1 unspecified atom stereocenters. The summed E-state index contributed by atoms with van der Waals surface area (Å²) in [5.74, 6) is -0.115. The molecule has 6 nitrogen and oxygen atoms in total. The third-order valence-electron chi connectivity index (χ3n) is 5.50. The van der Waals surface area contributed by atoms with Gasteiger partial charge in [-0.1, -0.05) is 23.4 Å². The molecule has 0 radical (unpaired) electrons. The van der Waals surface area contributed by atoms with Gasteiger partial charge in [0.15, 0.2) is 17.6 Å². The van der Waals surface area contributed by atoms with Crippen LogP contribution in [0.4, 0.5) is 8.78 Å². The monoisotopic (exact) mass is 466 g/mol. The van der Waals surface area contributed by atoms with Gasteiger partial charge < -0.3 is 19.2 Å². The first-order valence-corrected chi connectivity index (χ1v) is 10.7. The summed E-state index contributed by atoms with van der Waals surface area (Å²) in [7, 11) is 3.12. The van der Waals surface area contributed by atoms with Crippen molar-refractivity contribution in [2.75, 3.05) is 20.8 Å². The summed E-state index contributed by atoms with van der Waals surface area (Å²) in [6.45, 7) is 0.324. The van der Waals surface area contributed by atoms with Crippen LogP contribution in [0.3, 0.4) is 0 Å². The molecule has 0 N–H and O–H groups in total. The second-order valence-electron chi connectivity index (χ2n) is 7.87. The molecule has 1 aliphatic heterocycles. The van der Waals surface area contributed by atoms with E-state index in [0.717, 1.165) is 5.56 Å². The van der Waals surface area contributed by atoms with Crippen LogP contribution < -0.4 is 9.47 Å². The lowest BCUT2D eigenvalue weighted by molar-refractivity contribution is 0.0404. The minimum Gasteiger partial charge on any atom is -0.493 e. The van der Waals surface area contributed by atoms with Crippen molar-refractivity contribution in [3.63, 3.8) is 0 Å². The number of amides is 1. The lowest BCUT2D eigenvalue weighted by Gasteiger charge is -2.25. The van der Waals surface area contributed by atoms with Crippen LogP contribution in [0.15, 0.2) is 71.9 Å². The van der Waals surface area contributed by atoms with Crippen LogP contribution in [0.5, 0.6) is 11.5 Å². The van der Waals surface area contributed by atoms with E-state index in [-0.39, 0.29) is 24.6 Å². The highest BCUT2D eigenvalue weighted by atomic mass is 19.1. The summed E-state index contributed by atoms with van der Waals surface area (Å²) >= 11 is 0. The number of hydrogen-bond donors (Lipinski definition) is 0. The molecule has 3 aromatic carbocycles. The van der Waals surface area contributed by atoms with Crippen LogP contribution in [-0.2, 0) is 11.4 Å². The van der Waals surface area contributed by atoms with Crippen molar-refractivity contribution in [2.24, 2.45) is 5.16 Å². The quantitative estimate of drug-likeness (QED) is 0.478. The van der Waals surface area contributed by atoms with E-state index in [0.29, 0.717) is 29.2 Å². The van der Waals surface area contributed by atoms with Gasteiger partial charge in [-0.05, 0) is 54.1 Å². The average molecular weight is 466 g/mol. The van der Waals surface area contributed by atoms with Crippen molar-refractivity contribution in [1.29, 1.82) is 0 Å². The van der Waals surface area contributed by atoms with E-state index < -0.39 is 17.7 Å². The highest BCUT2D eigenvalue weighted by molar-refractivity contribution is 6.02. The summed E-state index contributed by atoms with van der Waals surface area (Å²) in [6.07, 6.45) is 0.0279. The first-order valence-electron chi connectivity index (χ1n) is 10.7. The van der Waals surface area contributed by atoms with Gasteiger partial charge in [-0.15, -0.1) is 0 Å². The Morgan fingerprint density at radius 2 is 1.74 bits per heavy atom. The van der Waals surface area contributed by atoms with E-state index in [4.69, 9.17) is 14.3 Å². The highest BCUT2D eigenvalue weighted by Gasteiger charge is 2.28. The molecule has 176 valence electrons. The Balaban J connectivity index is 1.52. The van der Waals surface area contributed by atoms with E-state index >= 15 is 0 Å². The minimum absolute atomic E-state index is 0.138. The van der Waals surface area contributed by atoms with Gasteiger partial charge in [0.2, 0.25) is 0 Å². The second-order valence-corrected chi connectivity index (χ2v) is 7.87. The van der Waals surface area contributed by atoms with Crippen LogP contribution in [0, 0.1) is 11.6 Å². The number of hydrogen-bond acceptors (Lipinski definition) is 5. The number of benzene rings is 3. The first-order chi connectivity index (χ1) is 16.5. The molecule has 0 saturated carbocycles. The SMILES string of the molecule is COc1ccc(C2=NOC(CN(Cc3cccc(F)c3)C(=O)c3cccc(F)c3)C2)cc1OC. The third kappa shape index (κ3) is 5.33. The smallest absolute Gasteiger partial charge is 0.254 e. The van der Waals surface area contributed by atoms with Crippen LogP contribution in [0.1, 0.15) is 27.9 Å². The zero-order chi connectivity index (χ0) is 24.1. The lowest BCUT2D eigenvalue weighted by Crippen LogP contribution is -2.37. The van der Waals surface area contributed by atoms with E-state index in [1.54, 1.807) is 38.5 Å². The Bertz CT molecular complexity index is 1210. The van der Waals surface area contributed by atoms with E-state index in [1.807, 2.05) is 12.1 Å². The van der Waals surface area contributed by atoms with Gasteiger partial charge in [-0.25, -0.2) is 8.78 Å². The zero-order valence-corrected chi connectivity index (χ0v) is 18.8.